The molecule has 4 heteroatoms. The first-order valence-electron chi connectivity index (χ1n) is 4.36. The molecule has 3 atom stereocenters. The average molecular weight is 184 g/mol. The Labute approximate surface area is 76.5 Å². The fourth-order valence-corrected chi connectivity index (χ4v) is 1.63. The predicted octanol–water partition coefficient (Wildman–Crippen LogP) is 0.825. The van der Waals surface area contributed by atoms with Crippen LogP contribution in [0.25, 0.3) is 0 Å². The minimum atomic E-state index is -0.257. The molecule has 0 amide bonds. The molecule has 2 heterocycles. The lowest BCUT2D eigenvalue weighted by molar-refractivity contribution is -0.198. The van der Waals surface area contributed by atoms with Crippen LogP contribution in [0.1, 0.15) is 13.3 Å². The predicted molar refractivity (Wildman–Crippen MR) is 43.6 cm³/mol. The molecule has 1 saturated heterocycles. The van der Waals surface area contributed by atoms with E-state index in [0.29, 0.717) is 6.61 Å². The van der Waals surface area contributed by atoms with E-state index in [1.54, 1.807) is 6.26 Å². The van der Waals surface area contributed by atoms with Crippen molar-refractivity contribution in [1.29, 1.82) is 0 Å². The molecule has 0 N–H and O–H groups in total. The second kappa shape index (κ2) is 3.38. The minimum Gasteiger partial charge on any atom is -0.473 e. The summed E-state index contributed by atoms with van der Waals surface area (Å²) in [5, 5.41) is 0. The number of fused-ring (bicyclic) bond motifs is 2. The van der Waals surface area contributed by atoms with E-state index in [9.17, 15) is 4.79 Å². The third-order valence-corrected chi connectivity index (χ3v) is 2.26. The lowest BCUT2D eigenvalue weighted by Crippen LogP contribution is -2.41. The summed E-state index contributed by atoms with van der Waals surface area (Å²) in [6, 6.07) is 0. The van der Waals surface area contributed by atoms with Crippen LogP contribution in [0.15, 0.2) is 12.3 Å². The third-order valence-electron chi connectivity index (χ3n) is 2.26. The fraction of sp³-hybridized carbons (Fsp3) is 0.667. The SMILES string of the molecule is CC(=O)O[C@@H]1CO[C@H]2C[C@@H]1C=CO2. The Morgan fingerprint density at radius 1 is 1.62 bits per heavy atom. The fourth-order valence-electron chi connectivity index (χ4n) is 1.63. The second-order valence-corrected chi connectivity index (χ2v) is 3.27. The van der Waals surface area contributed by atoms with E-state index in [0.717, 1.165) is 6.42 Å². The first-order valence-corrected chi connectivity index (χ1v) is 4.36. The zero-order valence-corrected chi connectivity index (χ0v) is 7.43. The number of carbonyl (C=O) groups is 1. The lowest BCUT2D eigenvalue weighted by Gasteiger charge is -2.35. The third kappa shape index (κ3) is 1.83. The van der Waals surface area contributed by atoms with E-state index in [4.69, 9.17) is 14.2 Å². The van der Waals surface area contributed by atoms with Gasteiger partial charge in [0.05, 0.1) is 12.9 Å². The van der Waals surface area contributed by atoms with E-state index in [1.165, 1.54) is 6.92 Å². The van der Waals surface area contributed by atoms with Crippen LogP contribution in [0.5, 0.6) is 0 Å². The van der Waals surface area contributed by atoms with E-state index >= 15 is 0 Å². The molecular weight excluding hydrogens is 172 g/mol. The van der Waals surface area contributed by atoms with Crippen LogP contribution in [0.2, 0.25) is 0 Å². The van der Waals surface area contributed by atoms with Crippen molar-refractivity contribution < 1.29 is 19.0 Å². The molecule has 0 aromatic rings. The minimum absolute atomic E-state index is 0.145. The molecular formula is C9H12O4. The summed E-state index contributed by atoms with van der Waals surface area (Å²) in [5.74, 6) is -0.0108. The molecule has 2 rings (SSSR count). The molecule has 72 valence electrons. The summed E-state index contributed by atoms with van der Waals surface area (Å²) in [4.78, 5) is 10.7. The summed E-state index contributed by atoms with van der Waals surface area (Å²) < 4.78 is 15.6. The Kier molecular flexibility index (Phi) is 2.22. The van der Waals surface area contributed by atoms with Gasteiger partial charge in [0.1, 0.15) is 6.10 Å². The van der Waals surface area contributed by atoms with Gasteiger partial charge in [0, 0.05) is 19.3 Å². The number of hydrogen-bond donors (Lipinski definition) is 0. The van der Waals surface area contributed by atoms with Crippen LogP contribution in [-0.2, 0) is 19.0 Å². The van der Waals surface area contributed by atoms with Gasteiger partial charge in [0.15, 0.2) is 6.29 Å². The first kappa shape index (κ1) is 8.56. The van der Waals surface area contributed by atoms with E-state index < -0.39 is 0 Å². The quantitative estimate of drug-likeness (QED) is 0.566. The molecule has 0 radical (unpaired) electrons. The molecule has 2 aliphatic rings. The zero-order chi connectivity index (χ0) is 9.26. The molecule has 4 nitrogen and oxygen atoms in total. The molecule has 0 aromatic heterocycles. The van der Waals surface area contributed by atoms with Gasteiger partial charge in [-0.3, -0.25) is 4.79 Å². The van der Waals surface area contributed by atoms with Gasteiger partial charge in [-0.1, -0.05) is 0 Å². The standard InChI is InChI=1S/C9H12O4/c1-6(10)13-8-5-12-9-4-7(8)2-3-11-9/h2-3,7-9H,4-5H2,1H3/t7-,8+,9-/m0/s1. The number of rotatable bonds is 1. The van der Waals surface area contributed by atoms with Crippen molar-refractivity contribution in [3.63, 3.8) is 0 Å². The normalized spacial score (nSPS) is 36.5. The molecule has 0 spiro atoms. The van der Waals surface area contributed by atoms with E-state index in [1.807, 2.05) is 6.08 Å². The number of esters is 1. The van der Waals surface area contributed by atoms with Crippen molar-refractivity contribution in [3.8, 4) is 0 Å². The van der Waals surface area contributed by atoms with Gasteiger partial charge in [-0.05, 0) is 6.08 Å². The molecule has 0 aromatic carbocycles. The van der Waals surface area contributed by atoms with E-state index in [-0.39, 0.29) is 24.3 Å². The maximum atomic E-state index is 10.7. The van der Waals surface area contributed by atoms with Gasteiger partial charge in [0.2, 0.25) is 0 Å². The van der Waals surface area contributed by atoms with Gasteiger partial charge in [-0.15, -0.1) is 0 Å². The highest BCUT2D eigenvalue weighted by molar-refractivity contribution is 5.66. The highest BCUT2D eigenvalue weighted by Gasteiger charge is 2.34. The molecule has 0 aliphatic carbocycles. The Morgan fingerprint density at radius 3 is 3.23 bits per heavy atom. The van der Waals surface area contributed by atoms with Crippen molar-refractivity contribution in [2.75, 3.05) is 6.61 Å². The molecule has 0 saturated carbocycles. The van der Waals surface area contributed by atoms with Crippen molar-refractivity contribution in [2.45, 2.75) is 25.7 Å². The van der Waals surface area contributed by atoms with Gasteiger partial charge >= 0.3 is 5.97 Å². The van der Waals surface area contributed by atoms with Crippen molar-refractivity contribution in [1.82, 2.24) is 0 Å². The molecule has 13 heavy (non-hydrogen) atoms. The van der Waals surface area contributed by atoms with Gasteiger partial charge in [-0.2, -0.15) is 0 Å². The summed E-state index contributed by atoms with van der Waals surface area (Å²) in [7, 11) is 0. The maximum Gasteiger partial charge on any atom is 0.303 e. The summed E-state index contributed by atoms with van der Waals surface area (Å²) in [6.45, 7) is 1.84. The molecule has 2 aliphatic heterocycles. The second-order valence-electron chi connectivity index (χ2n) is 3.27. The van der Waals surface area contributed by atoms with Crippen LogP contribution in [0.3, 0.4) is 0 Å². The topological polar surface area (TPSA) is 44.8 Å². The molecule has 1 fully saturated rings. The summed E-state index contributed by atoms with van der Waals surface area (Å²) in [5.41, 5.74) is 0. The van der Waals surface area contributed by atoms with Gasteiger partial charge in [0.25, 0.3) is 0 Å². The monoisotopic (exact) mass is 184 g/mol. The van der Waals surface area contributed by atoms with Crippen molar-refractivity contribution in [2.24, 2.45) is 5.92 Å². The van der Waals surface area contributed by atoms with Crippen LogP contribution in [0.4, 0.5) is 0 Å². The van der Waals surface area contributed by atoms with Crippen molar-refractivity contribution >= 4 is 5.97 Å². The summed E-state index contributed by atoms with van der Waals surface area (Å²) >= 11 is 0. The van der Waals surface area contributed by atoms with Gasteiger partial charge < -0.3 is 14.2 Å². The Balaban J connectivity index is 2.01. The van der Waals surface area contributed by atoms with Crippen LogP contribution in [0, 0.1) is 5.92 Å². The highest BCUT2D eigenvalue weighted by Crippen LogP contribution is 2.28. The average Bonchev–Trinajstić information content (AvgIpc) is 2.10. The van der Waals surface area contributed by atoms with Crippen LogP contribution >= 0.6 is 0 Å². The Hall–Kier alpha value is -1.03. The van der Waals surface area contributed by atoms with E-state index in [2.05, 4.69) is 0 Å². The largest absolute Gasteiger partial charge is 0.473 e. The van der Waals surface area contributed by atoms with Crippen LogP contribution in [-0.4, -0.2) is 25.0 Å². The molecule has 0 unspecified atom stereocenters. The molecule has 2 bridgehead atoms. The summed E-state index contributed by atoms with van der Waals surface area (Å²) in [6.07, 6.45) is 4.02. The van der Waals surface area contributed by atoms with Crippen LogP contribution < -0.4 is 0 Å². The van der Waals surface area contributed by atoms with Crippen molar-refractivity contribution in [3.05, 3.63) is 12.3 Å². The number of carbonyl (C=O) groups excluding carboxylic acids is 1. The lowest BCUT2D eigenvalue weighted by atomic mass is 9.95. The number of ether oxygens (including phenoxy) is 3. The first-order chi connectivity index (χ1) is 6.25. The number of hydrogen-bond acceptors (Lipinski definition) is 4. The Morgan fingerprint density at radius 2 is 2.46 bits per heavy atom. The maximum absolute atomic E-state index is 10.7. The smallest absolute Gasteiger partial charge is 0.303 e. The van der Waals surface area contributed by atoms with Gasteiger partial charge in [-0.25, -0.2) is 0 Å². The zero-order valence-electron chi connectivity index (χ0n) is 7.43. The Bertz CT molecular complexity index is 236. The highest BCUT2D eigenvalue weighted by atomic mass is 16.7.